The zero-order valence-corrected chi connectivity index (χ0v) is 30.9. The molecule has 250 valence electrons. The van der Waals surface area contributed by atoms with E-state index in [-0.39, 0.29) is 56.4 Å². The highest BCUT2D eigenvalue weighted by Crippen LogP contribution is 2.67. The molecule has 0 spiro atoms. The van der Waals surface area contributed by atoms with E-state index in [1.165, 1.54) is 33.8 Å². The van der Waals surface area contributed by atoms with Gasteiger partial charge in [-0.05, 0) is 45.5 Å². The van der Waals surface area contributed by atoms with Crippen molar-refractivity contribution in [3.8, 4) is 31.6 Å². The van der Waals surface area contributed by atoms with Crippen LogP contribution in [0.1, 0.15) is 81.8 Å². The number of rotatable bonds is 2. The normalized spacial score (nSPS) is 19.8. The average molecular weight is 739 g/mol. The Morgan fingerprint density at radius 1 is 0.623 bits per heavy atom. The predicted octanol–water partition coefficient (Wildman–Crippen LogP) is 10.7. The zero-order chi connectivity index (χ0) is 37.1. The Labute approximate surface area is 316 Å². The molecule has 5 aromatic rings. The van der Waals surface area contributed by atoms with Crippen molar-refractivity contribution in [2.45, 2.75) is 38.5 Å². The van der Waals surface area contributed by atoms with Crippen LogP contribution in [0.25, 0.3) is 40.3 Å². The fourth-order valence-corrected chi connectivity index (χ4v) is 12.4. The van der Waals surface area contributed by atoms with Gasteiger partial charge in [0.2, 0.25) is 11.6 Å². The van der Waals surface area contributed by atoms with E-state index in [4.69, 9.17) is 23.1 Å². The lowest BCUT2D eigenvalue weighted by atomic mass is 9.74. The fourth-order valence-electron chi connectivity index (χ4n) is 8.07. The van der Waals surface area contributed by atoms with E-state index in [0.29, 0.717) is 32.3 Å². The Morgan fingerprint density at radius 3 is 1.36 bits per heavy atom. The first-order valence-corrected chi connectivity index (χ1v) is 18.9. The summed E-state index contributed by atoms with van der Waals surface area (Å²) in [6, 6.07) is 22.0. The van der Waals surface area contributed by atoms with E-state index >= 15 is 0 Å². The number of benzene rings is 2. The van der Waals surface area contributed by atoms with E-state index in [2.05, 4.69) is 37.4 Å². The van der Waals surface area contributed by atoms with Gasteiger partial charge in [-0.25, -0.2) is 30.2 Å². The molecule has 0 saturated heterocycles. The second-order valence-electron chi connectivity index (χ2n) is 14.0. The lowest BCUT2D eigenvalue weighted by molar-refractivity contribution is 0.106. The number of nitrogens with zero attached hydrogens (tertiary/aromatic N) is 6. The van der Waals surface area contributed by atoms with Gasteiger partial charge in [0.1, 0.15) is 21.4 Å². The molecule has 0 aliphatic heterocycles. The molecule has 3 heterocycles. The van der Waals surface area contributed by atoms with Crippen molar-refractivity contribution in [2.75, 3.05) is 0 Å². The first kappa shape index (κ1) is 32.6. The van der Waals surface area contributed by atoms with E-state index in [1.807, 2.05) is 24.3 Å². The van der Waals surface area contributed by atoms with Crippen LogP contribution in [0.4, 0.5) is 10.0 Å². The summed E-state index contributed by atoms with van der Waals surface area (Å²) in [5, 5.41) is 20.8. The maximum Gasteiger partial charge on any atom is 0.271 e. The summed E-state index contributed by atoms with van der Waals surface area (Å²) in [5.41, 5.74) is 6.47. The maximum absolute atomic E-state index is 13.6. The van der Waals surface area contributed by atoms with Gasteiger partial charge in [0.05, 0.1) is 35.0 Å². The Bertz CT molecular complexity index is 2700. The molecule has 4 aliphatic carbocycles. The van der Waals surface area contributed by atoms with E-state index in [1.54, 1.807) is 59.9 Å². The number of carbonyl (C=O) groups is 2. The second kappa shape index (κ2) is 11.1. The average Bonchev–Trinajstić information content (AvgIpc) is 4.00. The molecule has 2 aromatic carbocycles. The van der Waals surface area contributed by atoms with E-state index in [0.717, 1.165) is 30.6 Å². The number of nitriles is 2. The van der Waals surface area contributed by atoms with Crippen LogP contribution in [0.2, 0.25) is 0 Å². The van der Waals surface area contributed by atoms with Crippen LogP contribution in [-0.2, 0) is 10.8 Å². The Hall–Kier alpha value is -6.34. The third-order valence-corrected chi connectivity index (χ3v) is 14.1. The smallest absolute Gasteiger partial charge is 0.271 e. The van der Waals surface area contributed by atoms with Crippen molar-refractivity contribution in [2.24, 2.45) is 9.98 Å². The lowest BCUT2D eigenvalue weighted by Gasteiger charge is -2.28. The topological polar surface area (TPSA) is 115 Å². The van der Waals surface area contributed by atoms with Crippen LogP contribution >= 0.6 is 34.0 Å². The molecule has 0 radical (unpaired) electrons. The van der Waals surface area contributed by atoms with Crippen molar-refractivity contribution in [1.82, 2.24) is 0 Å². The number of carbonyl (C=O) groups excluding carboxylic acids is 2. The van der Waals surface area contributed by atoms with Gasteiger partial charge in [-0.2, -0.15) is 0 Å². The third kappa shape index (κ3) is 4.22. The highest BCUT2D eigenvalue weighted by molar-refractivity contribution is 7.29. The van der Waals surface area contributed by atoms with Gasteiger partial charge in [0.25, 0.3) is 11.4 Å². The maximum atomic E-state index is 13.6. The number of aliphatic imine (C=N–C) groups is 2. The van der Waals surface area contributed by atoms with Gasteiger partial charge in [-0.3, -0.25) is 9.59 Å². The third-order valence-electron chi connectivity index (χ3n) is 10.5. The monoisotopic (exact) mass is 738 g/mol. The van der Waals surface area contributed by atoms with Gasteiger partial charge in [0, 0.05) is 42.9 Å². The Balaban J connectivity index is 1.15. The molecule has 4 aliphatic rings. The SMILES string of the molecule is [C-]#[N+]C(C#N)=C1C(=Nc2cc3c(s2)-c2sc4c(c2C3(C)C)C(C)(C)c2cc(N=C3C(=O)c5ccccc5/C3=C(/C#N)[N+]#[C-])sc2-4)C(=O)c2ccccc21. The molecule has 0 atom stereocenters. The molecule has 0 N–H and O–H groups in total. The number of Topliss-reactive ketones (excluding diaryl/α,β-unsaturated/α-hetero) is 2. The predicted molar refractivity (Wildman–Crippen MR) is 209 cm³/mol. The van der Waals surface area contributed by atoms with Crippen molar-refractivity contribution in [3.05, 3.63) is 139 Å². The van der Waals surface area contributed by atoms with Crippen LogP contribution in [0.5, 0.6) is 0 Å². The quantitative estimate of drug-likeness (QED) is 0.132. The number of thiophene rings is 3. The summed E-state index contributed by atoms with van der Waals surface area (Å²) < 4.78 is 0. The highest BCUT2D eigenvalue weighted by atomic mass is 32.1. The largest absolute Gasteiger partial charge is 0.287 e. The first-order chi connectivity index (χ1) is 25.5. The minimum atomic E-state index is -0.372. The fraction of sp³-hybridized carbons (Fsp3) is 0.143. The number of allylic oxidation sites excluding steroid dienone is 4. The van der Waals surface area contributed by atoms with Crippen LogP contribution in [-0.4, -0.2) is 23.0 Å². The van der Waals surface area contributed by atoms with Crippen LogP contribution in [0.15, 0.2) is 82.0 Å². The van der Waals surface area contributed by atoms with Crippen molar-refractivity contribution in [3.63, 3.8) is 0 Å². The van der Waals surface area contributed by atoms with Crippen LogP contribution < -0.4 is 0 Å². The zero-order valence-electron chi connectivity index (χ0n) is 28.5. The molecule has 11 heteroatoms. The molecule has 0 amide bonds. The standard InChI is InChI=1S/C42H22N6O2S3/c1-41(2)23-15-27(47-33-29(25(17-43)45-5)19-11-7-9-13-21(19)35(33)49)51-37(23)39-31(41)32-40(53-39)38-24(42(32,3)4)16-28(52-38)48-34-30(26(18-44)46-6)20-12-8-10-14-22(20)36(34)50/h7-16H,1-4H3/b29-25+,30-26?,47-33?,48-34?. The molecule has 0 unspecified atom stereocenters. The van der Waals surface area contributed by atoms with Gasteiger partial charge in [-0.1, -0.05) is 76.2 Å². The molecular weight excluding hydrogens is 717 g/mol. The lowest BCUT2D eigenvalue weighted by Crippen LogP contribution is -2.22. The number of fused-ring (bicyclic) bond motifs is 9. The van der Waals surface area contributed by atoms with Gasteiger partial charge in [0.15, 0.2) is 0 Å². The van der Waals surface area contributed by atoms with Gasteiger partial charge < -0.3 is 0 Å². The molecule has 0 bridgehead atoms. The summed E-state index contributed by atoms with van der Waals surface area (Å²) >= 11 is 4.74. The van der Waals surface area contributed by atoms with Crippen LogP contribution in [0.3, 0.4) is 0 Å². The molecule has 53 heavy (non-hydrogen) atoms. The minimum Gasteiger partial charge on any atom is -0.287 e. The van der Waals surface area contributed by atoms with Crippen molar-refractivity contribution >= 4 is 78.1 Å². The van der Waals surface area contributed by atoms with Gasteiger partial charge in [-0.15, -0.1) is 34.0 Å². The Morgan fingerprint density at radius 2 is 1.00 bits per heavy atom. The number of hydrogen-bond acceptors (Lipinski definition) is 9. The summed E-state index contributed by atoms with van der Waals surface area (Å²) in [6.07, 6.45) is 0. The first-order valence-electron chi connectivity index (χ1n) is 16.4. The summed E-state index contributed by atoms with van der Waals surface area (Å²) in [4.78, 5) is 48.2. The van der Waals surface area contributed by atoms with Crippen LogP contribution in [0, 0.1) is 35.8 Å². The highest BCUT2D eigenvalue weighted by Gasteiger charge is 2.50. The molecular formula is C42H22N6O2S3. The number of hydrogen-bond donors (Lipinski definition) is 0. The second-order valence-corrected chi connectivity index (χ2v) is 17.1. The molecule has 9 rings (SSSR count). The minimum absolute atomic E-state index is 0.115. The van der Waals surface area contributed by atoms with Crippen molar-refractivity contribution < 1.29 is 9.59 Å². The van der Waals surface area contributed by atoms with Crippen molar-refractivity contribution in [1.29, 1.82) is 10.5 Å². The molecule has 0 fully saturated rings. The van der Waals surface area contributed by atoms with E-state index < -0.39 is 0 Å². The molecule has 3 aromatic heterocycles. The Kier molecular flexibility index (Phi) is 6.81. The molecule has 8 nitrogen and oxygen atoms in total. The van der Waals surface area contributed by atoms with E-state index in [9.17, 15) is 20.1 Å². The molecule has 0 saturated carbocycles. The van der Waals surface area contributed by atoms with Gasteiger partial charge >= 0.3 is 0 Å². The summed E-state index contributed by atoms with van der Waals surface area (Å²) in [5.74, 6) is -0.601. The number of ketones is 2. The summed E-state index contributed by atoms with van der Waals surface area (Å²) in [6.45, 7) is 24.1. The summed E-state index contributed by atoms with van der Waals surface area (Å²) in [7, 11) is 0.